The molecule has 2 aliphatic heterocycles. The third kappa shape index (κ3) is 4.67. The maximum Gasteiger partial charge on any atom is 0.265 e. The Kier molecular flexibility index (Phi) is 6.50. The molecule has 5 fully saturated rings. The third-order valence-electron chi connectivity index (χ3n) is 9.76. The lowest BCUT2D eigenvalue weighted by Crippen LogP contribution is -2.57. The van der Waals surface area contributed by atoms with Crippen molar-refractivity contribution < 1.29 is 22.7 Å². The van der Waals surface area contributed by atoms with Crippen LogP contribution in [0.25, 0.3) is 0 Å². The molecule has 1 atom stereocenters. The fourth-order valence-corrected chi connectivity index (χ4v) is 9.78. The van der Waals surface area contributed by atoms with Gasteiger partial charge in [0, 0.05) is 19.1 Å². The smallest absolute Gasteiger partial charge is 0.265 e. The van der Waals surface area contributed by atoms with Gasteiger partial charge in [0.15, 0.2) is 6.61 Å². The number of nitrogens with one attached hydrogen (secondary N) is 1. The maximum absolute atomic E-state index is 13.4. The number of carbonyl (C=O) groups excluding carboxylic acids is 2. The maximum atomic E-state index is 13.4. The highest BCUT2D eigenvalue weighted by atomic mass is 32.2. The Bertz CT molecular complexity index is 1140. The van der Waals surface area contributed by atoms with E-state index in [-0.39, 0.29) is 41.3 Å². The van der Waals surface area contributed by atoms with E-state index in [0.29, 0.717) is 24.5 Å². The molecule has 1 N–H and O–H groups in total. The molecule has 2 heterocycles. The molecule has 2 amide bonds. The quantitative estimate of drug-likeness (QED) is 0.606. The molecule has 1 aromatic carbocycles. The van der Waals surface area contributed by atoms with Crippen molar-refractivity contribution in [3.05, 3.63) is 18.2 Å². The first-order valence-corrected chi connectivity index (χ1v) is 15.5. The molecule has 6 aliphatic rings. The van der Waals surface area contributed by atoms with E-state index in [9.17, 15) is 18.0 Å². The van der Waals surface area contributed by atoms with Gasteiger partial charge in [-0.1, -0.05) is 12.8 Å². The molecule has 8 nitrogen and oxygen atoms in total. The summed E-state index contributed by atoms with van der Waals surface area (Å²) in [5.41, 5.74) is 0.524. The van der Waals surface area contributed by atoms with E-state index >= 15 is 0 Å². The minimum atomic E-state index is -3.69. The van der Waals surface area contributed by atoms with Gasteiger partial charge in [-0.15, -0.1) is 0 Å². The van der Waals surface area contributed by atoms with Crippen LogP contribution in [0, 0.1) is 23.2 Å². The monoisotopic (exact) mass is 529 g/mol. The standard InChI is InChI=1S/C28H39N3O5S/c1-19(28-14-20-10-21(15-28)12-22(11-20)16-28)29-26(32)17-31-24-13-23(6-7-25(24)36-18-27(31)33)37(34,35)30-8-4-2-3-5-9-30/h6-7,13,19-22H,2-5,8-12,14-18H2,1H3,(H,29,32). The van der Waals surface area contributed by atoms with Crippen LogP contribution in [0.15, 0.2) is 23.1 Å². The van der Waals surface area contributed by atoms with Gasteiger partial charge in [0.25, 0.3) is 5.91 Å². The first kappa shape index (κ1) is 25.2. The number of hydrogen-bond donors (Lipinski definition) is 1. The highest BCUT2D eigenvalue weighted by Gasteiger charge is 2.53. The fraction of sp³-hybridized carbons (Fsp3) is 0.714. The van der Waals surface area contributed by atoms with Crippen molar-refractivity contribution in [1.29, 1.82) is 0 Å². The van der Waals surface area contributed by atoms with Crippen molar-refractivity contribution in [2.45, 2.75) is 82.1 Å². The van der Waals surface area contributed by atoms with Gasteiger partial charge in [-0.2, -0.15) is 4.31 Å². The SMILES string of the molecule is CC(NC(=O)CN1C(=O)COc2ccc(S(=O)(=O)N3CCCCCC3)cc21)C12CC3CC(CC(C3)C1)C2. The molecule has 0 aromatic heterocycles. The molecule has 1 saturated heterocycles. The van der Waals surface area contributed by atoms with Gasteiger partial charge in [-0.25, -0.2) is 8.42 Å². The van der Waals surface area contributed by atoms with Crippen LogP contribution in [0.2, 0.25) is 0 Å². The molecular weight excluding hydrogens is 490 g/mol. The lowest BCUT2D eigenvalue weighted by Gasteiger charge is -2.59. The molecule has 7 rings (SSSR count). The number of rotatable bonds is 6. The van der Waals surface area contributed by atoms with E-state index < -0.39 is 10.0 Å². The lowest BCUT2D eigenvalue weighted by molar-refractivity contribution is -0.127. The summed E-state index contributed by atoms with van der Waals surface area (Å²) in [6, 6.07) is 4.71. The van der Waals surface area contributed by atoms with Crippen molar-refractivity contribution in [3.63, 3.8) is 0 Å². The van der Waals surface area contributed by atoms with Gasteiger partial charge in [0.2, 0.25) is 15.9 Å². The predicted molar refractivity (Wildman–Crippen MR) is 140 cm³/mol. The summed E-state index contributed by atoms with van der Waals surface area (Å²) < 4.78 is 33.9. The Morgan fingerprint density at radius 3 is 2.30 bits per heavy atom. The number of benzene rings is 1. The summed E-state index contributed by atoms with van der Waals surface area (Å²) in [5.74, 6) is 2.27. The Balaban J connectivity index is 1.19. The molecule has 0 spiro atoms. The number of anilines is 1. The van der Waals surface area contributed by atoms with E-state index in [2.05, 4.69) is 12.2 Å². The zero-order chi connectivity index (χ0) is 25.8. The molecule has 4 bridgehead atoms. The highest BCUT2D eigenvalue weighted by molar-refractivity contribution is 7.89. The largest absolute Gasteiger partial charge is 0.482 e. The first-order chi connectivity index (χ1) is 17.7. The summed E-state index contributed by atoms with van der Waals surface area (Å²) in [6.07, 6.45) is 11.4. The van der Waals surface area contributed by atoms with E-state index in [1.165, 1.54) is 53.8 Å². The van der Waals surface area contributed by atoms with Gasteiger partial charge < -0.3 is 10.1 Å². The van der Waals surface area contributed by atoms with Gasteiger partial charge in [-0.3, -0.25) is 14.5 Å². The number of hydrogen-bond acceptors (Lipinski definition) is 5. The summed E-state index contributed by atoms with van der Waals surface area (Å²) in [5, 5.41) is 3.24. The summed E-state index contributed by atoms with van der Waals surface area (Å²) in [4.78, 5) is 27.7. The minimum absolute atomic E-state index is 0.0544. The highest BCUT2D eigenvalue weighted by Crippen LogP contribution is 2.61. The third-order valence-corrected chi connectivity index (χ3v) is 11.7. The minimum Gasteiger partial charge on any atom is -0.482 e. The summed E-state index contributed by atoms with van der Waals surface area (Å²) >= 11 is 0. The fourth-order valence-electron chi connectivity index (χ4n) is 8.24. The normalized spacial score (nSPS) is 32.4. The average Bonchev–Trinajstić information content (AvgIpc) is 3.15. The predicted octanol–water partition coefficient (Wildman–Crippen LogP) is 3.70. The Morgan fingerprint density at radius 2 is 1.68 bits per heavy atom. The molecule has 37 heavy (non-hydrogen) atoms. The zero-order valence-electron chi connectivity index (χ0n) is 21.8. The van der Waals surface area contributed by atoms with Crippen molar-refractivity contribution in [1.82, 2.24) is 9.62 Å². The van der Waals surface area contributed by atoms with Gasteiger partial charge >= 0.3 is 0 Å². The van der Waals surface area contributed by atoms with E-state index in [4.69, 9.17) is 4.74 Å². The second kappa shape index (κ2) is 9.56. The molecule has 1 unspecified atom stereocenters. The summed E-state index contributed by atoms with van der Waals surface area (Å²) in [7, 11) is -3.69. The average molecular weight is 530 g/mol. The Labute approximate surface area is 220 Å². The molecule has 4 saturated carbocycles. The molecule has 0 radical (unpaired) electrons. The van der Waals surface area contributed by atoms with Gasteiger partial charge in [0.1, 0.15) is 12.3 Å². The first-order valence-electron chi connectivity index (χ1n) is 14.1. The Hall–Kier alpha value is -2.13. The summed E-state index contributed by atoms with van der Waals surface area (Å²) in [6.45, 7) is 2.83. The molecular formula is C28H39N3O5S. The number of carbonyl (C=O) groups is 2. The van der Waals surface area contributed by atoms with Crippen LogP contribution in [0.5, 0.6) is 5.75 Å². The van der Waals surface area contributed by atoms with Crippen molar-refractivity contribution >= 4 is 27.5 Å². The number of amides is 2. The topological polar surface area (TPSA) is 96.0 Å². The van der Waals surface area contributed by atoms with E-state index in [0.717, 1.165) is 43.4 Å². The number of ether oxygens (including phenoxy) is 1. The van der Waals surface area contributed by atoms with Crippen LogP contribution < -0.4 is 15.0 Å². The Morgan fingerprint density at radius 1 is 1.05 bits per heavy atom. The van der Waals surface area contributed by atoms with Crippen molar-refractivity contribution in [3.8, 4) is 5.75 Å². The van der Waals surface area contributed by atoms with Crippen LogP contribution >= 0.6 is 0 Å². The number of nitrogens with zero attached hydrogens (tertiary/aromatic N) is 2. The van der Waals surface area contributed by atoms with E-state index in [1.807, 2.05) is 0 Å². The zero-order valence-corrected chi connectivity index (χ0v) is 22.6. The van der Waals surface area contributed by atoms with Crippen LogP contribution in [0.4, 0.5) is 5.69 Å². The van der Waals surface area contributed by atoms with Gasteiger partial charge in [0.05, 0.1) is 10.6 Å². The van der Waals surface area contributed by atoms with Crippen LogP contribution in [-0.2, 0) is 19.6 Å². The van der Waals surface area contributed by atoms with Crippen molar-refractivity contribution in [2.24, 2.45) is 23.2 Å². The molecule has 9 heteroatoms. The van der Waals surface area contributed by atoms with Crippen molar-refractivity contribution in [2.75, 3.05) is 31.1 Å². The molecule has 4 aliphatic carbocycles. The van der Waals surface area contributed by atoms with Crippen LogP contribution in [0.1, 0.15) is 71.1 Å². The number of fused-ring (bicyclic) bond motifs is 1. The van der Waals surface area contributed by atoms with Crippen LogP contribution in [0.3, 0.4) is 0 Å². The second-order valence-corrected chi connectivity index (χ2v) is 14.2. The lowest BCUT2D eigenvalue weighted by atomic mass is 9.48. The van der Waals surface area contributed by atoms with E-state index in [1.54, 1.807) is 12.1 Å². The number of sulfonamides is 1. The molecule has 202 valence electrons. The second-order valence-electron chi connectivity index (χ2n) is 12.3. The molecule has 1 aromatic rings. The van der Waals surface area contributed by atoms with Gasteiger partial charge in [-0.05, 0) is 99.7 Å². The van der Waals surface area contributed by atoms with Crippen LogP contribution in [-0.4, -0.2) is 56.8 Å².